The maximum absolute atomic E-state index is 12.6. The van der Waals surface area contributed by atoms with Crippen LogP contribution in [0.2, 0.25) is 0 Å². The van der Waals surface area contributed by atoms with Crippen LogP contribution in [0.25, 0.3) is 0 Å². The Morgan fingerprint density at radius 2 is 1.95 bits per heavy atom. The third-order valence-electron chi connectivity index (χ3n) is 3.48. The molecule has 1 aromatic carbocycles. The summed E-state index contributed by atoms with van der Waals surface area (Å²) in [6, 6.07) is 6.80. The van der Waals surface area contributed by atoms with Crippen LogP contribution in [0, 0.1) is 19.3 Å². The summed E-state index contributed by atoms with van der Waals surface area (Å²) in [6.45, 7) is 2.23. The smallest absolute Gasteiger partial charge is 0.207 e. The van der Waals surface area contributed by atoms with E-state index in [2.05, 4.69) is 11.7 Å². The molecule has 0 atom stereocenters. The summed E-state index contributed by atoms with van der Waals surface area (Å²) in [5.41, 5.74) is 5.43. The molecule has 0 spiro atoms. The molecule has 0 N–H and O–H groups in total. The minimum absolute atomic E-state index is 0.0592. The molecule has 1 aliphatic rings. The highest BCUT2D eigenvalue weighted by Gasteiger charge is 2.22. The first-order valence-corrected chi connectivity index (χ1v) is 8.41. The van der Waals surface area contributed by atoms with Gasteiger partial charge in [0.2, 0.25) is 10.0 Å². The molecular weight excluding hydrogens is 282 g/mol. The van der Waals surface area contributed by atoms with Crippen LogP contribution in [0.5, 0.6) is 0 Å². The topological polar surface area (TPSA) is 37.4 Å². The van der Waals surface area contributed by atoms with Gasteiger partial charge in [-0.15, -0.1) is 12.2 Å². The molecular formula is C17H19NO2S. The van der Waals surface area contributed by atoms with Gasteiger partial charge in [0, 0.05) is 6.54 Å². The van der Waals surface area contributed by atoms with Crippen LogP contribution in [0.3, 0.4) is 0 Å². The second kappa shape index (κ2) is 6.78. The van der Waals surface area contributed by atoms with Crippen molar-refractivity contribution in [1.82, 2.24) is 4.31 Å². The van der Waals surface area contributed by atoms with E-state index in [0.29, 0.717) is 0 Å². The van der Waals surface area contributed by atoms with Gasteiger partial charge in [0.15, 0.2) is 0 Å². The van der Waals surface area contributed by atoms with Gasteiger partial charge in [-0.3, -0.25) is 0 Å². The number of benzene rings is 1. The van der Waals surface area contributed by atoms with Crippen molar-refractivity contribution in [1.29, 1.82) is 0 Å². The summed E-state index contributed by atoms with van der Waals surface area (Å²) in [7, 11) is -3.56. The predicted molar refractivity (Wildman–Crippen MR) is 84.2 cm³/mol. The number of rotatable bonds is 5. The molecule has 0 aromatic heterocycles. The molecule has 0 radical (unpaired) electrons. The molecule has 0 heterocycles. The third kappa shape index (κ3) is 3.86. The van der Waals surface area contributed by atoms with E-state index in [1.165, 1.54) is 16.3 Å². The first-order valence-electron chi connectivity index (χ1n) is 6.97. The molecule has 2 rings (SSSR count). The Balaban J connectivity index is 2.21. The number of terminal acetylenes is 1. The van der Waals surface area contributed by atoms with Gasteiger partial charge in [0.05, 0.1) is 11.4 Å². The fourth-order valence-electron chi connectivity index (χ4n) is 2.00. The number of nitrogens with zero attached hydrogens (tertiary/aromatic N) is 1. The summed E-state index contributed by atoms with van der Waals surface area (Å²) in [5, 5.41) is 0. The maximum Gasteiger partial charge on any atom is 0.244 e. The Kier molecular flexibility index (Phi) is 5.03. The van der Waals surface area contributed by atoms with Crippen molar-refractivity contribution in [3.8, 4) is 12.3 Å². The zero-order valence-corrected chi connectivity index (χ0v) is 13.0. The van der Waals surface area contributed by atoms with Crippen LogP contribution in [0.4, 0.5) is 0 Å². The summed E-state index contributed by atoms with van der Waals surface area (Å²) >= 11 is 0. The van der Waals surface area contributed by atoms with Gasteiger partial charge in [-0.2, -0.15) is 4.31 Å². The van der Waals surface area contributed by atoms with E-state index < -0.39 is 10.0 Å². The predicted octanol–water partition coefficient (Wildman–Crippen LogP) is 2.88. The number of sulfonamides is 1. The highest BCUT2D eigenvalue weighted by Crippen LogP contribution is 2.23. The number of aryl methyl sites for hydroxylation is 1. The number of hydrogen-bond donors (Lipinski definition) is 0. The summed E-state index contributed by atoms with van der Waals surface area (Å²) in [6.07, 6.45) is 10.4. The second-order valence-corrected chi connectivity index (χ2v) is 7.06. The summed E-state index contributed by atoms with van der Waals surface area (Å²) in [4.78, 5) is 0.271. The van der Waals surface area contributed by atoms with Crippen molar-refractivity contribution in [3.05, 3.63) is 47.2 Å². The van der Waals surface area contributed by atoms with Gasteiger partial charge in [-0.05, 0) is 50.0 Å². The average Bonchev–Trinajstić information content (AvgIpc) is 2.40. The van der Waals surface area contributed by atoms with Crippen molar-refractivity contribution in [2.24, 2.45) is 0 Å². The molecule has 0 amide bonds. The normalized spacial score (nSPS) is 14.2. The highest BCUT2D eigenvalue weighted by atomic mass is 32.2. The molecule has 0 saturated heterocycles. The van der Waals surface area contributed by atoms with E-state index in [0.717, 1.165) is 18.4 Å². The lowest BCUT2D eigenvalue weighted by Gasteiger charge is -2.18. The van der Waals surface area contributed by atoms with E-state index in [-0.39, 0.29) is 18.0 Å². The van der Waals surface area contributed by atoms with Crippen LogP contribution < -0.4 is 0 Å². The van der Waals surface area contributed by atoms with Crippen molar-refractivity contribution in [3.63, 3.8) is 0 Å². The quantitative estimate of drug-likeness (QED) is 0.619. The second-order valence-electron chi connectivity index (χ2n) is 5.12. The average molecular weight is 301 g/mol. The van der Waals surface area contributed by atoms with Crippen molar-refractivity contribution >= 4 is 10.0 Å². The molecule has 0 aliphatic heterocycles. The van der Waals surface area contributed by atoms with Gasteiger partial charge >= 0.3 is 0 Å². The van der Waals surface area contributed by atoms with E-state index >= 15 is 0 Å². The lowest BCUT2D eigenvalue weighted by atomic mass is 9.93. The van der Waals surface area contributed by atoms with Gasteiger partial charge in [-0.1, -0.05) is 23.6 Å². The molecule has 4 heteroatoms. The molecule has 1 aliphatic carbocycles. The molecule has 3 nitrogen and oxygen atoms in total. The Bertz CT molecular complexity index is 696. The van der Waals surface area contributed by atoms with Gasteiger partial charge in [-0.25, -0.2) is 8.42 Å². The Hall–Kier alpha value is -1.79. The van der Waals surface area contributed by atoms with Crippen molar-refractivity contribution in [2.75, 3.05) is 13.1 Å². The standard InChI is InChI=1S/C17H19NO2S/c1-3-13-18(14-5-8-16-6-4-7-16)21(19,20)17-11-9-15(2)10-12-17/h1,5,9-12H,4,6-7,13-14H2,2H3. The molecule has 110 valence electrons. The SMILES string of the molecule is C#CCN(CC=C=C1CCC1)S(=O)(=O)c1ccc(C)cc1. The Labute approximate surface area is 127 Å². The fraction of sp³-hybridized carbons (Fsp3) is 0.353. The number of hydrogen-bond acceptors (Lipinski definition) is 2. The molecule has 1 saturated carbocycles. The lowest BCUT2D eigenvalue weighted by Crippen LogP contribution is -2.31. The van der Waals surface area contributed by atoms with Gasteiger partial charge in [0.25, 0.3) is 0 Å². The van der Waals surface area contributed by atoms with Crippen molar-refractivity contribution in [2.45, 2.75) is 31.1 Å². The molecule has 1 aromatic rings. The third-order valence-corrected chi connectivity index (χ3v) is 5.31. The van der Waals surface area contributed by atoms with Gasteiger partial charge < -0.3 is 0 Å². The first kappa shape index (κ1) is 15.6. The van der Waals surface area contributed by atoms with Crippen LogP contribution in [-0.2, 0) is 10.0 Å². The van der Waals surface area contributed by atoms with Crippen LogP contribution in [0.15, 0.2) is 46.5 Å². The first-order chi connectivity index (χ1) is 10.0. The zero-order chi connectivity index (χ0) is 15.3. The fourth-order valence-corrected chi connectivity index (χ4v) is 3.29. The summed E-state index contributed by atoms with van der Waals surface area (Å²) < 4.78 is 26.4. The molecule has 1 fully saturated rings. The van der Waals surface area contributed by atoms with Gasteiger partial charge in [0.1, 0.15) is 0 Å². The highest BCUT2D eigenvalue weighted by molar-refractivity contribution is 7.89. The Morgan fingerprint density at radius 3 is 2.48 bits per heavy atom. The van der Waals surface area contributed by atoms with Crippen LogP contribution in [0.1, 0.15) is 24.8 Å². The molecule has 0 unspecified atom stereocenters. The Morgan fingerprint density at radius 1 is 1.29 bits per heavy atom. The zero-order valence-electron chi connectivity index (χ0n) is 12.2. The molecule has 0 bridgehead atoms. The van der Waals surface area contributed by atoms with E-state index in [1.54, 1.807) is 30.3 Å². The maximum atomic E-state index is 12.6. The molecule has 21 heavy (non-hydrogen) atoms. The lowest BCUT2D eigenvalue weighted by molar-refractivity contribution is 0.478. The summed E-state index contributed by atoms with van der Waals surface area (Å²) in [5.74, 6) is 2.41. The minimum atomic E-state index is -3.56. The van der Waals surface area contributed by atoms with E-state index in [1.807, 2.05) is 6.92 Å². The van der Waals surface area contributed by atoms with E-state index in [9.17, 15) is 8.42 Å². The monoisotopic (exact) mass is 301 g/mol. The minimum Gasteiger partial charge on any atom is -0.207 e. The van der Waals surface area contributed by atoms with Crippen LogP contribution >= 0.6 is 0 Å². The van der Waals surface area contributed by atoms with Crippen LogP contribution in [-0.4, -0.2) is 25.8 Å². The van der Waals surface area contributed by atoms with Crippen molar-refractivity contribution < 1.29 is 8.42 Å². The largest absolute Gasteiger partial charge is 0.244 e. The van der Waals surface area contributed by atoms with E-state index in [4.69, 9.17) is 6.42 Å².